The molecule has 276 valence electrons. The standard InChI is InChI=1S/C16H24N2O3S.C10H19NO3S.C8H17NOS/c1-3-22-16(20)18(2)12-8-7-11-17-15(19)21-13-14-9-5-4-6-10-14;1-6-15-9(13)11(5)7-8(12)14-10(2,3)4;1-5-11-8(10)9(4)6-7(2)3/h4-6,9-10H,3,7-8,11-13H2,1-2H3,(H,17,19);6-7H2,1-5H3;7H,5-6H2,1-4H3. The summed E-state index contributed by atoms with van der Waals surface area (Å²) in [5, 5.41) is 2.88. The van der Waals surface area contributed by atoms with Gasteiger partial charge in [0.1, 0.15) is 18.8 Å². The highest BCUT2D eigenvalue weighted by atomic mass is 32.2. The second-order valence-electron chi connectivity index (χ2n) is 11.9. The van der Waals surface area contributed by atoms with Crippen LogP contribution in [0.4, 0.5) is 19.2 Å². The van der Waals surface area contributed by atoms with E-state index in [4.69, 9.17) is 9.47 Å². The van der Waals surface area contributed by atoms with Gasteiger partial charge in [-0.15, -0.1) is 0 Å². The van der Waals surface area contributed by atoms with Gasteiger partial charge in [0.2, 0.25) is 0 Å². The lowest BCUT2D eigenvalue weighted by molar-refractivity contribution is -0.155. The van der Waals surface area contributed by atoms with Crippen molar-refractivity contribution in [2.24, 2.45) is 5.92 Å². The van der Waals surface area contributed by atoms with Gasteiger partial charge in [0.05, 0.1) is 0 Å². The molecule has 1 aromatic carbocycles. The average molecular weight is 733 g/mol. The van der Waals surface area contributed by atoms with Gasteiger partial charge in [0.25, 0.3) is 15.7 Å². The monoisotopic (exact) mass is 732 g/mol. The fourth-order valence-corrected chi connectivity index (χ4v) is 5.12. The molecule has 0 aliphatic rings. The summed E-state index contributed by atoms with van der Waals surface area (Å²) in [5.74, 6) is 2.54. The van der Waals surface area contributed by atoms with Crippen LogP contribution in [0.1, 0.15) is 73.8 Å². The molecule has 0 spiro atoms. The minimum absolute atomic E-state index is 0.00308. The van der Waals surface area contributed by atoms with Crippen molar-refractivity contribution in [2.75, 3.05) is 64.6 Å². The predicted octanol–water partition coefficient (Wildman–Crippen LogP) is 8.08. The first-order valence-corrected chi connectivity index (χ1v) is 19.2. The van der Waals surface area contributed by atoms with Crippen LogP contribution in [-0.2, 0) is 20.9 Å². The van der Waals surface area contributed by atoms with Crippen LogP contribution in [0, 0.1) is 5.92 Å². The summed E-state index contributed by atoms with van der Waals surface area (Å²) in [4.78, 5) is 61.7. The molecule has 0 aliphatic heterocycles. The molecule has 0 saturated carbocycles. The third-order valence-electron chi connectivity index (χ3n) is 5.57. The predicted molar refractivity (Wildman–Crippen MR) is 203 cm³/mol. The number of esters is 1. The number of unbranched alkanes of at least 4 members (excludes halogenated alkanes) is 1. The molecular weight excluding hydrogens is 673 g/mol. The minimum atomic E-state index is -0.501. The van der Waals surface area contributed by atoms with Crippen molar-refractivity contribution in [2.45, 2.75) is 80.4 Å². The van der Waals surface area contributed by atoms with E-state index >= 15 is 0 Å². The van der Waals surface area contributed by atoms with Gasteiger partial charge in [-0.3, -0.25) is 19.2 Å². The Bertz CT molecular complexity index is 1060. The van der Waals surface area contributed by atoms with E-state index in [0.29, 0.717) is 24.8 Å². The largest absolute Gasteiger partial charge is 0.459 e. The highest BCUT2D eigenvalue weighted by Crippen LogP contribution is 2.11. The fraction of sp³-hybridized carbons (Fsp3) is 0.676. The molecule has 0 heterocycles. The lowest BCUT2D eigenvalue weighted by Crippen LogP contribution is -2.34. The normalized spacial score (nSPS) is 10.4. The molecular formula is C34H60N4O7S3. The minimum Gasteiger partial charge on any atom is -0.459 e. The number of rotatable bonds is 14. The Kier molecular flexibility index (Phi) is 28.0. The molecule has 0 fully saturated rings. The van der Waals surface area contributed by atoms with E-state index in [1.54, 1.807) is 44.7 Å². The maximum absolute atomic E-state index is 11.5. The molecule has 4 amide bonds. The van der Waals surface area contributed by atoms with Crippen molar-refractivity contribution in [3.05, 3.63) is 35.9 Å². The molecule has 1 N–H and O–H groups in total. The number of nitrogens with zero attached hydrogens (tertiary/aromatic N) is 3. The van der Waals surface area contributed by atoms with Gasteiger partial charge in [-0.25, -0.2) is 4.79 Å². The second kappa shape index (κ2) is 28.3. The zero-order valence-electron chi connectivity index (χ0n) is 31.0. The lowest BCUT2D eigenvalue weighted by Gasteiger charge is -2.22. The summed E-state index contributed by atoms with van der Waals surface area (Å²) in [7, 11) is 5.24. The Morgan fingerprint density at radius 2 is 1.27 bits per heavy atom. The van der Waals surface area contributed by atoms with Crippen LogP contribution in [0.3, 0.4) is 0 Å². The molecule has 1 aromatic rings. The first-order valence-electron chi connectivity index (χ1n) is 16.3. The first-order chi connectivity index (χ1) is 22.5. The van der Waals surface area contributed by atoms with E-state index in [1.165, 1.54) is 40.2 Å². The van der Waals surface area contributed by atoms with Crippen LogP contribution < -0.4 is 5.32 Å². The summed E-state index contributed by atoms with van der Waals surface area (Å²) in [6, 6.07) is 9.56. The number of nitrogens with one attached hydrogen (secondary N) is 1. The van der Waals surface area contributed by atoms with Crippen LogP contribution in [0.2, 0.25) is 0 Å². The molecule has 0 radical (unpaired) electrons. The third kappa shape index (κ3) is 28.4. The van der Waals surface area contributed by atoms with E-state index in [1.807, 2.05) is 58.2 Å². The van der Waals surface area contributed by atoms with Crippen molar-refractivity contribution in [3.8, 4) is 0 Å². The smallest absolute Gasteiger partial charge is 0.407 e. The van der Waals surface area contributed by atoms with Gasteiger partial charge in [-0.1, -0.05) is 100 Å². The molecule has 48 heavy (non-hydrogen) atoms. The molecule has 14 heteroatoms. The van der Waals surface area contributed by atoms with Crippen molar-refractivity contribution in [1.82, 2.24) is 20.0 Å². The fourth-order valence-electron chi connectivity index (χ4n) is 3.49. The number of thioether (sulfide) groups is 3. The van der Waals surface area contributed by atoms with Crippen molar-refractivity contribution >= 4 is 63.1 Å². The van der Waals surface area contributed by atoms with E-state index < -0.39 is 11.7 Å². The van der Waals surface area contributed by atoms with Crippen molar-refractivity contribution < 1.29 is 33.4 Å². The number of alkyl carbamates (subject to hydrolysis) is 1. The Labute approximate surface area is 302 Å². The molecule has 0 unspecified atom stereocenters. The Morgan fingerprint density at radius 1 is 0.771 bits per heavy atom. The van der Waals surface area contributed by atoms with Gasteiger partial charge in [0.15, 0.2) is 0 Å². The van der Waals surface area contributed by atoms with Crippen molar-refractivity contribution in [3.63, 3.8) is 0 Å². The number of hydrogen-bond acceptors (Lipinski definition) is 10. The van der Waals surface area contributed by atoms with Crippen LogP contribution in [-0.4, -0.2) is 113 Å². The van der Waals surface area contributed by atoms with Gasteiger partial charge < -0.3 is 29.5 Å². The van der Waals surface area contributed by atoms with Crippen molar-refractivity contribution in [1.29, 1.82) is 0 Å². The Morgan fingerprint density at radius 3 is 1.75 bits per heavy atom. The summed E-state index contributed by atoms with van der Waals surface area (Å²) < 4.78 is 10.2. The highest BCUT2D eigenvalue weighted by molar-refractivity contribution is 8.13. The topological polar surface area (TPSA) is 126 Å². The molecule has 1 rings (SSSR count). The number of carbonyl (C=O) groups is 5. The van der Waals surface area contributed by atoms with Crippen LogP contribution in [0.25, 0.3) is 0 Å². The molecule has 0 atom stereocenters. The second-order valence-corrected chi connectivity index (χ2v) is 15.6. The number of likely N-dealkylation sites (N-methyl/N-ethyl adjacent to an activating group) is 1. The maximum atomic E-state index is 11.5. The van der Waals surface area contributed by atoms with E-state index in [0.717, 1.165) is 36.5 Å². The Hall–Kier alpha value is -2.58. The first kappa shape index (κ1) is 47.5. The van der Waals surface area contributed by atoms with Gasteiger partial charge in [0, 0.05) is 40.8 Å². The third-order valence-corrected chi connectivity index (χ3v) is 8.11. The summed E-state index contributed by atoms with van der Waals surface area (Å²) in [6.45, 7) is 17.8. The SMILES string of the molecule is CCSC(=O)N(C)CC(=O)OC(C)(C)C.CCSC(=O)N(C)CC(C)C.CCSC(=O)N(C)CCCCNC(=O)OCc1ccccc1. The maximum Gasteiger partial charge on any atom is 0.407 e. The average Bonchev–Trinajstić information content (AvgIpc) is 3.00. The van der Waals surface area contributed by atoms with Crippen LogP contribution in [0.15, 0.2) is 30.3 Å². The van der Waals surface area contributed by atoms with Crippen LogP contribution >= 0.6 is 35.3 Å². The molecule has 11 nitrogen and oxygen atoms in total. The lowest BCUT2D eigenvalue weighted by atomic mass is 10.2. The van der Waals surface area contributed by atoms with E-state index in [9.17, 15) is 24.0 Å². The summed E-state index contributed by atoms with van der Waals surface area (Å²) in [5.41, 5.74) is 0.463. The summed E-state index contributed by atoms with van der Waals surface area (Å²) >= 11 is 3.86. The number of ether oxygens (including phenoxy) is 2. The molecule has 0 aromatic heterocycles. The summed E-state index contributed by atoms with van der Waals surface area (Å²) in [6.07, 6.45) is 1.26. The number of hydrogen-bond donors (Lipinski definition) is 1. The Balaban J connectivity index is 0. The molecule has 0 bridgehead atoms. The number of benzene rings is 1. The van der Waals surface area contributed by atoms with Gasteiger partial charge in [-0.2, -0.15) is 0 Å². The zero-order valence-corrected chi connectivity index (χ0v) is 33.4. The van der Waals surface area contributed by atoms with E-state index in [-0.39, 0.29) is 34.8 Å². The van der Waals surface area contributed by atoms with E-state index in [2.05, 4.69) is 19.2 Å². The van der Waals surface area contributed by atoms with Crippen LogP contribution in [0.5, 0.6) is 0 Å². The van der Waals surface area contributed by atoms with Gasteiger partial charge in [-0.05, 0) is 62.4 Å². The highest BCUT2D eigenvalue weighted by Gasteiger charge is 2.19. The zero-order chi connectivity index (χ0) is 37.1. The van der Waals surface area contributed by atoms with Gasteiger partial charge >= 0.3 is 12.1 Å². The molecule has 0 saturated heterocycles. The number of amides is 4. The molecule has 0 aliphatic carbocycles. The number of carbonyl (C=O) groups excluding carboxylic acids is 5. The quantitative estimate of drug-likeness (QED) is 0.148.